The highest BCUT2D eigenvalue weighted by atomic mass is 16.2. The summed E-state index contributed by atoms with van der Waals surface area (Å²) in [5, 5.41) is 15.2. The first-order valence-electron chi connectivity index (χ1n) is 9.68. The highest BCUT2D eigenvalue weighted by Gasteiger charge is 2.37. The third-order valence-corrected chi connectivity index (χ3v) is 5.72. The molecule has 2 saturated heterocycles. The van der Waals surface area contributed by atoms with Gasteiger partial charge in [-0.3, -0.25) is 4.90 Å². The minimum Gasteiger partial charge on any atom is -0.321 e. The van der Waals surface area contributed by atoms with Gasteiger partial charge in [-0.2, -0.15) is 4.80 Å². The Morgan fingerprint density at radius 3 is 2.78 bits per heavy atom. The molecule has 2 aliphatic heterocycles. The van der Waals surface area contributed by atoms with Crippen LogP contribution in [0.5, 0.6) is 0 Å². The van der Waals surface area contributed by atoms with E-state index in [1.165, 1.54) is 24.1 Å². The second kappa shape index (κ2) is 7.26. The van der Waals surface area contributed by atoms with E-state index in [2.05, 4.69) is 32.6 Å². The molecular formula is C19H27N7O. The second-order valence-corrected chi connectivity index (χ2v) is 7.70. The van der Waals surface area contributed by atoms with Crippen molar-refractivity contribution in [2.45, 2.75) is 45.2 Å². The van der Waals surface area contributed by atoms with Crippen molar-refractivity contribution in [3.8, 4) is 11.4 Å². The van der Waals surface area contributed by atoms with E-state index in [0.717, 1.165) is 36.4 Å². The van der Waals surface area contributed by atoms with Crippen LogP contribution in [-0.4, -0.2) is 67.8 Å². The summed E-state index contributed by atoms with van der Waals surface area (Å²) in [7, 11) is 1.73. The Morgan fingerprint density at radius 2 is 2.07 bits per heavy atom. The molecule has 4 rings (SSSR count). The summed E-state index contributed by atoms with van der Waals surface area (Å²) in [6.07, 6.45) is 3.87. The van der Waals surface area contributed by atoms with Crippen molar-refractivity contribution >= 4 is 11.7 Å². The van der Waals surface area contributed by atoms with Crippen molar-refractivity contribution in [1.82, 2.24) is 30.0 Å². The number of aryl methyl sites for hydroxylation is 2. The summed E-state index contributed by atoms with van der Waals surface area (Å²) in [6.45, 7) is 7.06. The number of hydrogen-bond acceptors (Lipinski definition) is 5. The van der Waals surface area contributed by atoms with Crippen LogP contribution in [0.2, 0.25) is 0 Å². The van der Waals surface area contributed by atoms with Crippen LogP contribution in [0.1, 0.15) is 31.7 Å². The van der Waals surface area contributed by atoms with E-state index >= 15 is 0 Å². The summed E-state index contributed by atoms with van der Waals surface area (Å²) >= 11 is 0. The monoisotopic (exact) mass is 369 g/mol. The van der Waals surface area contributed by atoms with Crippen LogP contribution in [0, 0.1) is 6.92 Å². The first-order valence-corrected chi connectivity index (χ1v) is 9.68. The molecule has 2 aliphatic rings. The molecule has 144 valence electrons. The molecular weight excluding hydrogens is 342 g/mol. The SMILES string of the molecule is Cc1ccc(-c2nnn(C)n2)cc1NC(=O)N1CC(N2CCCCC2C)C1. The molecule has 0 spiro atoms. The summed E-state index contributed by atoms with van der Waals surface area (Å²) in [5.74, 6) is 0.552. The maximum absolute atomic E-state index is 12.7. The molecule has 0 saturated carbocycles. The van der Waals surface area contributed by atoms with Gasteiger partial charge in [0.2, 0.25) is 5.82 Å². The van der Waals surface area contributed by atoms with E-state index in [0.29, 0.717) is 17.9 Å². The van der Waals surface area contributed by atoms with Gasteiger partial charge >= 0.3 is 6.03 Å². The van der Waals surface area contributed by atoms with Crippen LogP contribution in [0.15, 0.2) is 18.2 Å². The molecule has 1 unspecified atom stereocenters. The van der Waals surface area contributed by atoms with Crippen molar-refractivity contribution < 1.29 is 4.79 Å². The highest BCUT2D eigenvalue weighted by molar-refractivity contribution is 5.91. The molecule has 2 amide bonds. The van der Waals surface area contributed by atoms with Gasteiger partial charge in [0.15, 0.2) is 0 Å². The minimum absolute atomic E-state index is 0.0386. The average molecular weight is 369 g/mol. The number of hydrogen-bond donors (Lipinski definition) is 1. The molecule has 2 aromatic rings. The molecule has 8 nitrogen and oxygen atoms in total. The lowest BCUT2D eigenvalue weighted by atomic mass is 9.98. The van der Waals surface area contributed by atoms with Crippen LogP contribution in [0.4, 0.5) is 10.5 Å². The van der Waals surface area contributed by atoms with Gasteiger partial charge in [-0.15, -0.1) is 10.2 Å². The maximum atomic E-state index is 12.7. The molecule has 0 aliphatic carbocycles. The Labute approximate surface area is 159 Å². The molecule has 1 N–H and O–H groups in total. The normalized spacial score (nSPS) is 21.1. The van der Waals surface area contributed by atoms with E-state index in [9.17, 15) is 4.79 Å². The number of rotatable bonds is 3. The van der Waals surface area contributed by atoms with Gasteiger partial charge in [0, 0.05) is 36.4 Å². The molecule has 2 fully saturated rings. The number of carbonyl (C=O) groups excluding carboxylic acids is 1. The maximum Gasteiger partial charge on any atom is 0.321 e. The number of urea groups is 1. The zero-order valence-corrected chi connectivity index (χ0v) is 16.2. The second-order valence-electron chi connectivity index (χ2n) is 7.70. The molecule has 8 heteroatoms. The molecule has 27 heavy (non-hydrogen) atoms. The number of tetrazole rings is 1. The fourth-order valence-electron chi connectivity index (χ4n) is 3.98. The van der Waals surface area contributed by atoms with Crippen molar-refractivity contribution in [2.75, 3.05) is 25.0 Å². The van der Waals surface area contributed by atoms with Gasteiger partial charge in [-0.1, -0.05) is 18.6 Å². The molecule has 3 heterocycles. The number of amides is 2. The van der Waals surface area contributed by atoms with Gasteiger partial charge in [0.25, 0.3) is 0 Å². The number of benzene rings is 1. The van der Waals surface area contributed by atoms with Crippen LogP contribution in [0.3, 0.4) is 0 Å². The Balaban J connectivity index is 1.39. The molecule has 1 aromatic carbocycles. The largest absolute Gasteiger partial charge is 0.321 e. The Morgan fingerprint density at radius 1 is 1.26 bits per heavy atom. The quantitative estimate of drug-likeness (QED) is 0.898. The number of anilines is 1. The summed E-state index contributed by atoms with van der Waals surface area (Å²) in [6, 6.07) is 6.92. The fraction of sp³-hybridized carbons (Fsp3) is 0.579. The predicted octanol–water partition coefficient (Wildman–Crippen LogP) is 2.28. The van der Waals surface area contributed by atoms with Crippen LogP contribution in [-0.2, 0) is 7.05 Å². The average Bonchev–Trinajstić information content (AvgIpc) is 3.04. The zero-order chi connectivity index (χ0) is 19.0. The van der Waals surface area contributed by atoms with Crippen LogP contribution >= 0.6 is 0 Å². The molecule has 0 radical (unpaired) electrons. The van der Waals surface area contributed by atoms with Gasteiger partial charge in [-0.25, -0.2) is 4.79 Å². The summed E-state index contributed by atoms with van der Waals surface area (Å²) < 4.78 is 0. The summed E-state index contributed by atoms with van der Waals surface area (Å²) in [4.78, 5) is 18.5. The standard InChI is InChI=1S/C19H27N7O/c1-13-7-8-15(18-21-23-24(3)22-18)10-17(13)20-19(27)25-11-16(12-25)26-9-5-4-6-14(26)2/h7-8,10,14,16H,4-6,9,11-12H2,1-3H3,(H,20,27). The summed E-state index contributed by atoms with van der Waals surface area (Å²) in [5.41, 5.74) is 2.64. The first-order chi connectivity index (χ1) is 13.0. The fourth-order valence-corrected chi connectivity index (χ4v) is 3.98. The number of carbonyl (C=O) groups is 1. The number of nitrogens with one attached hydrogen (secondary N) is 1. The number of likely N-dealkylation sites (tertiary alicyclic amines) is 2. The van der Waals surface area contributed by atoms with Gasteiger partial charge in [0.1, 0.15) is 0 Å². The van der Waals surface area contributed by atoms with E-state index in [4.69, 9.17) is 0 Å². The van der Waals surface area contributed by atoms with E-state index in [1.807, 2.05) is 30.0 Å². The van der Waals surface area contributed by atoms with E-state index in [1.54, 1.807) is 7.05 Å². The zero-order valence-electron chi connectivity index (χ0n) is 16.2. The van der Waals surface area contributed by atoms with E-state index < -0.39 is 0 Å². The highest BCUT2D eigenvalue weighted by Crippen LogP contribution is 2.26. The Hall–Kier alpha value is -2.48. The number of piperidine rings is 1. The topological polar surface area (TPSA) is 79.2 Å². The van der Waals surface area contributed by atoms with Crippen molar-refractivity contribution in [3.63, 3.8) is 0 Å². The number of nitrogens with zero attached hydrogens (tertiary/aromatic N) is 6. The smallest absolute Gasteiger partial charge is 0.321 e. The van der Waals surface area contributed by atoms with Gasteiger partial charge < -0.3 is 10.2 Å². The van der Waals surface area contributed by atoms with Gasteiger partial charge in [-0.05, 0) is 50.1 Å². The first kappa shape index (κ1) is 17.9. The lowest BCUT2D eigenvalue weighted by molar-refractivity contribution is 0.0199. The number of aromatic nitrogens is 4. The van der Waals surface area contributed by atoms with Crippen molar-refractivity contribution in [2.24, 2.45) is 7.05 Å². The Kier molecular flexibility index (Phi) is 4.82. The van der Waals surface area contributed by atoms with E-state index in [-0.39, 0.29) is 6.03 Å². The van der Waals surface area contributed by atoms with Crippen LogP contribution in [0.25, 0.3) is 11.4 Å². The minimum atomic E-state index is -0.0386. The lowest BCUT2D eigenvalue weighted by Crippen LogP contribution is -2.64. The molecule has 1 atom stereocenters. The van der Waals surface area contributed by atoms with Crippen molar-refractivity contribution in [1.29, 1.82) is 0 Å². The van der Waals surface area contributed by atoms with Crippen LogP contribution < -0.4 is 5.32 Å². The molecule has 0 bridgehead atoms. The molecule has 1 aromatic heterocycles. The predicted molar refractivity (Wildman–Crippen MR) is 103 cm³/mol. The lowest BCUT2D eigenvalue weighted by Gasteiger charge is -2.49. The third-order valence-electron chi connectivity index (χ3n) is 5.72. The van der Waals surface area contributed by atoms with Crippen molar-refractivity contribution in [3.05, 3.63) is 23.8 Å². The third kappa shape index (κ3) is 3.66. The van der Waals surface area contributed by atoms with Gasteiger partial charge in [0.05, 0.1) is 7.05 Å². The Bertz CT molecular complexity index is 827.